The molecular weight excluding hydrogens is 574 g/mol. The molecule has 1 rings (SSSR count). The molecule has 1 heterocycles. The molecule has 47 heavy (non-hydrogen) atoms. The monoisotopic (exact) mass is 656 g/mol. The zero-order valence-corrected chi connectivity index (χ0v) is 31.8. The second-order valence-corrected chi connectivity index (χ2v) is 14.1. The lowest BCUT2D eigenvalue weighted by atomic mass is 10.1. The minimum Gasteiger partial charge on any atom is -0.379 e. The Morgan fingerprint density at radius 2 is 0.915 bits per heavy atom. The fraction of sp³-hybridized carbons (Fsp3) is 0.818. The van der Waals surface area contributed by atoms with E-state index in [9.17, 15) is 0 Å². The molecule has 1 unspecified atom stereocenters. The van der Waals surface area contributed by atoms with E-state index in [4.69, 9.17) is 9.47 Å². The SMILES string of the molecule is CCCCC/C=C\C/C=C\CCCCCCCCOCC(CCN1CCCC1)OCCCCCCCC/C=C\C/C=C\CCCCC. The standard InChI is InChI=1S/C44H81NO2/c1-3-5-7-9-11-13-15-17-19-21-23-25-27-29-31-35-41-46-43-44(37-40-45-38-33-34-39-45)47-42-36-32-30-28-26-24-22-20-18-16-14-12-10-8-6-4-2/h11-14,17-20,44H,3-10,15-16,21-43H2,1-2H3/b13-11-,14-12-,19-17-,20-18-. The highest BCUT2D eigenvalue weighted by Gasteiger charge is 2.15. The van der Waals surface area contributed by atoms with Crippen molar-refractivity contribution in [3.63, 3.8) is 0 Å². The van der Waals surface area contributed by atoms with Crippen molar-refractivity contribution in [2.75, 3.05) is 39.5 Å². The first-order chi connectivity index (χ1) is 23.4. The van der Waals surface area contributed by atoms with Gasteiger partial charge in [-0.15, -0.1) is 0 Å². The smallest absolute Gasteiger partial charge is 0.0820 e. The number of hydrogen-bond acceptors (Lipinski definition) is 3. The third-order valence-electron chi connectivity index (χ3n) is 9.46. The Morgan fingerprint density at radius 1 is 0.489 bits per heavy atom. The number of allylic oxidation sites excluding steroid dienone is 8. The van der Waals surface area contributed by atoms with Gasteiger partial charge in [-0.25, -0.2) is 0 Å². The molecule has 1 aliphatic heterocycles. The Bertz CT molecular complexity index is 720. The maximum Gasteiger partial charge on any atom is 0.0820 e. The molecule has 0 N–H and O–H groups in total. The van der Waals surface area contributed by atoms with E-state index in [-0.39, 0.29) is 6.10 Å². The van der Waals surface area contributed by atoms with Crippen LogP contribution in [0.2, 0.25) is 0 Å². The Balaban J connectivity index is 1.99. The van der Waals surface area contributed by atoms with Crippen LogP contribution in [0, 0.1) is 0 Å². The summed E-state index contributed by atoms with van der Waals surface area (Å²) in [6.07, 6.45) is 53.9. The van der Waals surface area contributed by atoms with Crippen molar-refractivity contribution in [2.45, 2.75) is 193 Å². The Hall–Kier alpha value is -1.16. The minimum absolute atomic E-state index is 0.262. The van der Waals surface area contributed by atoms with Crippen molar-refractivity contribution in [3.05, 3.63) is 48.6 Å². The number of likely N-dealkylation sites (tertiary alicyclic amines) is 1. The Kier molecular flexibility index (Phi) is 35.1. The van der Waals surface area contributed by atoms with Gasteiger partial charge >= 0.3 is 0 Å². The first kappa shape index (κ1) is 43.9. The van der Waals surface area contributed by atoms with E-state index in [2.05, 4.69) is 67.4 Å². The third-order valence-corrected chi connectivity index (χ3v) is 9.46. The molecule has 0 spiro atoms. The summed E-state index contributed by atoms with van der Waals surface area (Å²) in [5.41, 5.74) is 0. The molecule has 1 saturated heterocycles. The average molecular weight is 656 g/mol. The number of ether oxygens (including phenoxy) is 2. The second kappa shape index (κ2) is 37.7. The van der Waals surface area contributed by atoms with Gasteiger partial charge in [0.15, 0.2) is 0 Å². The summed E-state index contributed by atoms with van der Waals surface area (Å²) in [7, 11) is 0. The van der Waals surface area contributed by atoms with Gasteiger partial charge in [0.2, 0.25) is 0 Å². The normalized spacial score (nSPS) is 15.1. The van der Waals surface area contributed by atoms with Crippen LogP contribution in [0.4, 0.5) is 0 Å². The van der Waals surface area contributed by atoms with Crippen LogP contribution in [0.15, 0.2) is 48.6 Å². The summed E-state index contributed by atoms with van der Waals surface area (Å²) in [6.45, 7) is 10.8. The molecule has 0 aromatic rings. The molecule has 1 aliphatic rings. The van der Waals surface area contributed by atoms with Crippen molar-refractivity contribution in [2.24, 2.45) is 0 Å². The van der Waals surface area contributed by atoms with Crippen molar-refractivity contribution in [1.29, 1.82) is 0 Å². The van der Waals surface area contributed by atoms with E-state index in [1.807, 2.05) is 0 Å². The summed E-state index contributed by atoms with van der Waals surface area (Å²) in [5.74, 6) is 0. The van der Waals surface area contributed by atoms with Crippen LogP contribution >= 0.6 is 0 Å². The number of rotatable bonds is 36. The van der Waals surface area contributed by atoms with E-state index < -0.39 is 0 Å². The fourth-order valence-electron chi connectivity index (χ4n) is 6.29. The molecule has 0 aromatic heterocycles. The van der Waals surface area contributed by atoms with E-state index >= 15 is 0 Å². The lowest BCUT2D eigenvalue weighted by Crippen LogP contribution is -2.28. The van der Waals surface area contributed by atoms with Crippen LogP contribution in [0.5, 0.6) is 0 Å². The maximum absolute atomic E-state index is 6.38. The first-order valence-corrected chi connectivity index (χ1v) is 20.9. The summed E-state index contributed by atoms with van der Waals surface area (Å²) in [4.78, 5) is 2.61. The third kappa shape index (κ3) is 33.1. The first-order valence-electron chi connectivity index (χ1n) is 20.9. The van der Waals surface area contributed by atoms with Crippen molar-refractivity contribution < 1.29 is 9.47 Å². The highest BCUT2D eigenvalue weighted by Crippen LogP contribution is 2.13. The molecule has 0 bridgehead atoms. The molecule has 0 amide bonds. The molecule has 1 fully saturated rings. The Morgan fingerprint density at radius 3 is 1.40 bits per heavy atom. The average Bonchev–Trinajstić information content (AvgIpc) is 3.61. The van der Waals surface area contributed by atoms with Crippen LogP contribution in [0.3, 0.4) is 0 Å². The maximum atomic E-state index is 6.38. The predicted octanol–water partition coefficient (Wildman–Crippen LogP) is 13.5. The minimum atomic E-state index is 0.262. The van der Waals surface area contributed by atoms with Crippen LogP contribution < -0.4 is 0 Å². The second-order valence-electron chi connectivity index (χ2n) is 14.1. The zero-order chi connectivity index (χ0) is 33.6. The molecule has 1 atom stereocenters. The lowest BCUT2D eigenvalue weighted by Gasteiger charge is -2.22. The van der Waals surface area contributed by atoms with Crippen molar-refractivity contribution >= 4 is 0 Å². The van der Waals surface area contributed by atoms with Crippen molar-refractivity contribution in [3.8, 4) is 0 Å². The summed E-state index contributed by atoms with van der Waals surface area (Å²) in [5, 5.41) is 0. The molecule has 3 nitrogen and oxygen atoms in total. The van der Waals surface area contributed by atoms with E-state index in [0.29, 0.717) is 0 Å². The van der Waals surface area contributed by atoms with Gasteiger partial charge < -0.3 is 14.4 Å². The van der Waals surface area contributed by atoms with Crippen LogP contribution in [0.1, 0.15) is 187 Å². The molecular formula is C44H81NO2. The number of unbranched alkanes of at least 4 members (excludes halogenated alkanes) is 18. The van der Waals surface area contributed by atoms with E-state index in [1.54, 1.807) is 0 Å². The van der Waals surface area contributed by atoms with Crippen molar-refractivity contribution in [1.82, 2.24) is 4.90 Å². The van der Waals surface area contributed by atoms with Gasteiger partial charge in [0.05, 0.1) is 12.7 Å². The molecule has 0 aromatic carbocycles. The predicted molar refractivity (Wildman–Crippen MR) is 210 cm³/mol. The molecule has 0 aliphatic carbocycles. The lowest BCUT2D eigenvalue weighted by molar-refractivity contribution is -0.0255. The van der Waals surface area contributed by atoms with Gasteiger partial charge in [-0.3, -0.25) is 0 Å². The number of hydrogen-bond donors (Lipinski definition) is 0. The van der Waals surface area contributed by atoms with Gasteiger partial charge in [0.1, 0.15) is 0 Å². The highest BCUT2D eigenvalue weighted by atomic mass is 16.5. The van der Waals surface area contributed by atoms with Gasteiger partial charge in [0, 0.05) is 19.8 Å². The van der Waals surface area contributed by atoms with Gasteiger partial charge in [0.25, 0.3) is 0 Å². The molecule has 274 valence electrons. The van der Waals surface area contributed by atoms with E-state index in [1.165, 1.54) is 174 Å². The molecule has 0 saturated carbocycles. The van der Waals surface area contributed by atoms with Gasteiger partial charge in [-0.1, -0.05) is 140 Å². The van der Waals surface area contributed by atoms with Gasteiger partial charge in [-0.2, -0.15) is 0 Å². The van der Waals surface area contributed by atoms with Crippen LogP contribution in [-0.4, -0.2) is 50.5 Å². The largest absolute Gasteiger partial charge is 0.379 e. The summed E-state index contributed by atoms with van der Waals surface area (Å²) in [6, 6.07) is 0. The van der Waals surface area contributed by atoms with E-state index in [0.717, 1.165) is 39.1 Å². The topological polar surface area (TPSA) is 21.7 Å². The van der Waals surface area contributed by atoms with Gasteiger partial charge in [-0.05, 0) is 109 Å². The highest BCUT2D eigenvalue weighted by molar-refractivity contribution is 4.93. The zero-order valence-electron chi connectivity index (χ0n) is 31.8. The van der Waals surface area contributed by atoms with Crippen LogP contribution in [-0.2, 0) is 9.47 Å². The molecule has 0 radical (unpaired) electrons. The summed E-state index contributed by atoms with van der Waals surface area (Å²) < 4.78 is 12.5. The fourth-order valence-corrected chi connectivity index (χ4v) is 6.29. The quantitative estimate of drug-likeness (QED) is 0.0495. The number of nitrogens with zero attached hydrogens (tertiary/aromatic N) is 1. The Labute approximate surface area is 295 Å². The van der Waals surface area contributed by atoms with Crippen LogP contribution in [0.25, 0.3) is 0 Å². The summed E-state index contributed by atoms with van der Waals surface area (Å²) >= 11 is 0. The molecule has 3 heteroatoms.